The maximum absolute atomic E-state index is 13.0. The van der Waals surface area contributed by atoms with Gasteiger partial charge in [0.2, 0.25) is 0 Å². The second kappa shape index (κ2) is 10.1. The van der Waals surface area contributed by atoms with Crippen molar-refractivity contribution in [1.82, 2.24) is 10.6 Å². The Morgan fingerprint density at radius 3 is 2.53 bits per heavy atom. The summed E-state index contributed by atoms with van der Waals surface area (Å²) in [5.74, 6) is 0.843. The van der Waals surface area contributed by atoms with E-state index < -0.39 is 12.0 Å². The van der Waals surface area contributed by atoms with Crippen molar-refractivity contribution in [3.63, 3.8) is 0 Å². The molecular weight excluding hydrogens is 400 g/mol. The highest BCUT2D eigenvalue weighted by molar-refractivity contribution is 7.80. The summed E-state index contributed by atoms with van der Waals surface area (Å²) in [5, 5.41) is 6.76. The van der Waals surface area contributed by atoms with Gasteiger partial charge in [0, 0.05) is 0 Å². The molecule has 1 aliphatic heterocycles. The zero-order chi connectivity index (χ0) is 21.5. The molecule has 158 valence electrons. The van der Waals surface area contributed by atoms with Crippen LogP contribution in [0.15, 0.2) is 54.1 Å². The first-order valence-corrected chi connectivity index (χ1v) is 10.3. The van der Waals surface area contributed by atoms with E-state index in [0.717, 1.165) is 17.5 Å². The van der Waals surface area contributed by atoms with E-state index in [0.29, 0.717) is 34.5 Å². The minimum Gasteiger partial charge on any atom is -0.493 e. The molecule has 1 heterocycles. The van der Waals surface area contributed by atoms with Crippen LogP contribution in [0.4, 0.5) is 0 Å². The lowest BCUT2D eigenvalue weighted by Crippen LogP contribution is -2.45. The number of carbonyl (C=O) groups excluding carboxylic acids is 1. The molecule has 0 spiro atoms. The van der Waals surface area contributed by atoms with Gasteiger partial charge < -0.3 is 24.8 Å². The van der Waals surface area contributed by atoms with Crippen LogP contribution in [0.1, 0.15) is 37.4 Å². The lowest BCUT2D eigenvalue weighted by molar-refractivity contribution is -0.138. The molecule has 0 aliphatic carbocycles. The van der Waals surface area contributed by atoms with Crippen molar-refractivity contribution >= 4 is 29.0 Å². The fourth-order valence-electron chi connectivity index (χ4n) is 3.27. The summed E-state index contributed by atoms with van der Waals surface area (Å²) in [7, 11) is 1.59. The minimum atomic E-state index is -0.498. The quantitative estimate of drug-likeness (QED) is 0.489. The van der Waals surface area contributed by atoms with Gasteiger partial charge in [-0.05, 0) is 48.8 Å². The lowest BCUT2D eigenvalue weighted by Gasteiger charge is -2.31. The van der Waals surface area contributed by atoms with Crippen molar-refractivity contribution in [2.45, 2.75) is 26.3 Å². The van der Waals surface area contributed by atoms with E-state index >= 15 is 0 Å². The molecule has 30 heavy (non-hydrogen) atoms. The van der Waals surface area contributed by atoms with Crippen molar-refractivity contribution in [1.29, 1.82) is 0 Å². The van der Waals surface area contributed by atoms with E-state index in [9.17, 15) is 4.79 Å². The summed E-state index contributed by atoms with van der Waals surface area (Å²) in [6.45, 7) is 4.70. The number of methoxy groups -OCH3 is 1. The molecule has 3 rings (SSSR count). The molecule has 6 nitrogen and oxygen atoms in total. The Labute approximate surface area is 182 Å². The standard InChI is InChI=1S/C23H26N2O4S/c1-4-13-29-17-12-11-16(14-18(17)27-3)21-19(22(26)28-5-2)20(24-23(30)25-21)15-9-7-6-8-10-15/h6-12,14,21H,4-5,13H2,1-3H3,(H2,24,25,30)/t21-/m0/s1. The van der Waals surface area contributed by atoms with Gasteiger partial charge in [0.15, 0.2) is 16.6 Å². The van der Waals surface area contributed by atoms with Crippen LogP contribution in [0, 0.1) is 0 Å². The van der Waals surface area contributed by atoms with Gasteiger partial charge in [0.05, 0.1) is 37.6 Å². The van der Waals surface area contributed by atoms with Gasteiger partial charge in [-0.3, -0.25) is 0 Å². The summed E-state index contributed by atoms with van der Waals surface area (Å²) in [5.41, 5.74) is 2.76. The van der Waals surface area contributed by atoms with E-state index in [2.05, 4.69) is 10.6 Å². The molecule has 0 saturated heterocycles. The highest BCUT2D eigenvalue weighted by Crippen LogP contribution is 2.36. The Morgan fingerprint density at radius 1 is 1.10 bits per heavy atom. The number of benzene rings is 2. The zero-order valence-electron chi connectivity index (χ0n) is 17.4. The summed E-state index contributed by atoms with van der Waals surface area (Å²) in [4.78, 5) is 13.0. The van der Waals surface area contributed by atoms with E-state index in [1.54, 1.807) is 14.0 Å². The topological polar surface area (TPSA) is 68.8 Å². The number of carbonyl (C=O) groups is 1. The third-order valence-corrected chi connectivity index (χ3v) is 4.83. The molecule has 7 heteroatoms. The average Bonchev–Trinajstić information content (AvgIpc) is 2.77. The summed E-state index contributed by atoms with van der Waals surface area (Å²) >= 11 is 5.44. The molecule has 2 N–H and O–H groups in total. The van der Waals surface area contributed by atoms with Crippen LogP contribution in [0.3, 0.4) is 0 Å². The second-order valence-electron chi connectivity index (χ2n) is 6.67. The number of thiocarbonyl (C=S) groups is 1. The molecule has 0 amide bonds. The Hall–Kier alpha value is -3.06. The predicted molar refractivity (Wildman–Crippen MR) is 120 cm³/mol. The molecule has 0 aromatic heterocycles. The highest BCUT2D eigenvalue weighted by atomic mass is 32.1. The lowest BCUT2D eigenvalue weighted by atomic mass is 9.92. The second-order valence-corrected chi connectivity index (χ2v) is 7.07. The van der Waals surface area contributed by atoms with Gasteiger partial charge in [-0.1, -0.05) is 43.3 Å². The first-order valence-electron chi connectivity index (χ1n) is 9.94. The zero-order valence-corrected chi connectivity index (χ0v) is 18.2. The van der Waals surface area contributed by atoms with Crippen LogP contribution >= 0.6 is 12.2 Å². The van der Waals surface area contributed by atoms with Crippen molar-refractivity contribution in [3.05, 3.63) is 65.2 Å². The van der Waals surface area contributed by atoms with E-state index in [1.807, 2.05) is 55.5 Å². The SMILES string of the molecule is CCCOc1ccc([C@@H]2NC(=S)NC(c3ccccc3)=C2C(=O)OCC)cc1OC. The maximum Gasteiger partial charge on any atom is 0.338 e. The molecule has 0 saturated carbocycles. The number of rotatable bonds is 8. The van der Waals surface area contributed by atoms with E-state index in [-0.39, 0.29) is 6.61 Å². The van der Waals surface area contributed by atoms with Gasteiger partial charge in [-0.15, -0.1) is 0 Å². The molecule has 1 atom stereocenters. The van der Waals surface area contributed by atoms with Crippen LogP contribution in [-0.4, -0.2) is 31.4 Å². The molecule has 0 fully saturated rings. The maximum atomic E-state index is 13.0. The predicted octanol–water partition coefficient (Wildman–Crippen LogP) is 3.98. The fourth-order valence-corrected chi connectivity index (χ4v) is 3.49. The normalized spacial score (nSPS) is 15.8. The number of hydrogen-bond acceptors (Lipinski definition) is 5. The number of nitrogens with one attached hydrogen (secondary N) is 2. The average molecular weight is 427 g/mol. The van der Waals surface area contributed by atoms with Gasteiger partial charge >= 0.3 is 5.97 Å². The first-order chi connectivity index (χ1) is 14.6. The molecule has 2 aromatic rings. The van der Waals surface area contributed by atoms with Gasteiger partial charge in [-0.25, -0.2) is 4.79 Å². The van der Waals surface area contributed by atoms with Crippen LogP contribution in [0.5, 0.6) is 11.5 Å². The largest absolute Gasteiger partial charge is 0.493 e. The molecule has 0 radical (unpaired) electrons. The molecule has 0 unspecified atom stereocenters. The third kappa shape index (κ3) is 4.74. The van der Waals surface area contributed by atoms with Gasteiger partial charge in [-0.2, -0.15) is 0 Å². The van der Waals surface area contributed by atoms with E-state index in [1.165, 1.54) is 0 Å². The van der Waals surface area contributed by atoms with Gasteiger partial charge in [0.1, 0.15) is 0 Å². The highest BCUT2D eigenvalue weighted by Gasteiger charge is 2.33. The van der Waals surface area contributed by atoms with Crippen molar-refractivity contribution < 1.29 is 19.0 Å². The fraction of sp³-hybridized carbons (Fsp3) is 0.304. The smallest absolute Gasteiger partial charge is 0.338 e. The Bertz CT molecular complexity index is 943. The number of esters is 1. The minimum absolute atomic E-state index is 0.273. The van der Waals surface area contributed by atoms with Crippen LogP contribution < -0.4 is 20.1 Å². The van der Waals surface area contributed by atoms with Crippen LogP contribution in [0.25, 0.3) is 5.70 Å². The number of ether oxygens (including phenoxy) is 3. The van der Waals surface area contributed by atoms with Crippen LogP contribution in [-0.2, 0) is 9.53 Å². The van der Waals surface area contributed by atoms with Crippen molar-refractivity contribution in [2.24, 2.45) is 0 Å². The summed E-state index contributed by atoms with van der Waals surface area (Å²) < 4.78 is 16.7. The molecular formula is C23H26N2O4S. The number of hydrogen-bond donors (Lipinski definition) is 2. The molecule has 0 bridgehead atoms. The molecule has 1 aliphatic rings. The summed E-state index contributed by atoms with van der Waals surface area (Å²) in [6.07, 6.45) is 0.894. The Morgan fingerprint density at radius 2 is 1.87 bits per heavy atom. The monoisotopic (exact) mass is 426 g/mol. The Balaban J connectivity index is 2.11. The summed E-state index contributed by atoms with van der Waals surface area (Å²) in [6, 6.07) is 14.7. The van der Waals surface area contributed by atoms with Crippen molar-refractivity contribution in [3.8, 4) is 11.5 Å². The first kappa shape index (κ1) is 21.6. The Kier molecular flexibility index (Phi) is 7.30. The van der Waals surface area contributed by atoms with E-state index in [4.69, 9.17) is 26.4 Å². The third-order valence-electron chi connectivity index (χ3n) is 4.61. The van der Waals surface area contributed by atoms with Crippen molar-refractivity contribution in [2.75, 3.05) is 20.3 Å². The van der Waals surface area contributed by atoms with Gasteiger partial charge in [0.25, 0.3) is 0 Å². The molecule has 2 aromatic carbocycles. The van der Waals surface area contributed by atoms with Crippen LogP contribution in [0.2, 0.25) is 0 Å².